The highest BCUT2D eigenvalue weighted by molar-refractivity contribution is 7.92. The Morgan fingerprint density at radius 1 is 0.967 bits per heavy atom. The monoisotopic (exact) mass is 424 g/mol. The molecule has 0 unspecified atom stereocenters. The zero-order chi connectivity index (χ0) is 21.7. The van der Waals surface area contributed by atoms with Crippen LogP contribution in [0.5, 0.6) is 5.75 Å². The van der Waals surface area contributed by atoms with Crippen molar-refractivity contribution in [2.45, 2.75) is 18.7 Å². The van der Waals surface area contributed by atoms with Crippen molar-refractivity contribution < 1.29 is 17.9 Å². The molecule has 0 aliphatic rings. The molecule has 0 aliphatic carbocycles. The lowest BCUT2D eigenvalue weighted by Gasteiger charge is -2.24. The highest BCUT2D eigenvalue weighted by atomic mass is 32.2. The molecule has 156 valence electrons. The van der Waals surface area contributed by atoms with Crippen LogP contribution in [0.15, 0.2) is 77.7 Å². The minimum Gasteiger partial charge on any atom is -0.496 e. The lowest BCUT2D eigenvalue weighted by Crippen LogP contribution is -2.38. The van der Waals surface area contributed by atoms with E-state index in [1.165, 1.54) is 13.2 Å². The van der Waals surface area contributed by atoms with Crippen molar-refractivity contribution in [3.05, 3.63) is 83.9 Å². The molecule has 0 heterocycles. The summed E-state index contributed by atoms with van der Waals surface area (Å²) in [4.78, 5) is 12.8. The number of nitrogens with one attached hydrogen (secondary N) is 1. The van der Waals surface area contributed by atoms with Gasteiger partial charge in [-0.25, -0.2) is 8.42 Å². The van der Waals surface area contributed by atoms with Gasteiger partial charge in [0, 0.05) is 5.69 Å². The van der Waals surface area contributed by atoms with Crippen molar-refractivity contribution >= 4 is 27.3 Å². The average Bonchev–Trinajstić information content (AvgIpc) is 2.72. The first-order valence-corrected chi connectivity index (χ1v) is 10.8. The first kappa shape index (κ1) is 21.4. The molecule has 0 saturated heterocycles. The molecule has 7 heteroatoms. The molecule has 0 bridgehead atoms. The maximum atomic E-state index is 13.4. The minimum atomic E-state index is -3.98. The van der Waals surface area contributed by atoms with E-state index in [9.17, 15) is 13.2 Å². The van der Waals surface area contributed by atoms with Crippen LogP contribution in [0.4, 0.5) is 11.4 Å². The summed E-state index contributed by atoms with van der Waals surface area (Å²) < 4.78 is 33.2. The average molecular weight is 425 g/mol. The predicted molar refractivity (Wildman–Crippen MR) is 119 cm³/mol. The van der Waals surface area contributed by atoms with E-state index in [0.717, 1.165) is 9.87 Å². The second-order valence-corrected chi connectivity index (χ2v) is 8.76. The zero-order valence-corrected chi connectivity index (χ0v) is 17.9. The number of carbonyl (C=O) groups excluding carboxylic acids is 1. The molecule has 30 heavy (non-hydrogen) atoms. The highest BCUT2D eigenvalue weighted by Gasteiger charge is 2.27. The number of rotatable bonds is 7. The normalized spacial score (nSPS) is 11.0. The van der Waals surface area contributed by atoms with Crippen LogP contribution >= 0.6 is 0 Å². The molecule has 1 amide bonds. The molecular weight excluding hydrogens is 400 g/mol. The largest absolute Gasteiger partial charge is 0.496 e. The number of carbonyl (C=O) groups is 1. The lowest BCUT2D eigenvalue weighted by atomic mass is 10.2. The molecule has 1 N–H and O–H groups in total. The van der Waals surface area contributed by atoms with Gasteiger partial charge in [0.05, 0.1) is 17.7 Å². The lowest BCUT2D eigenvalue weighted by molar-refractivity contribution is -0.114. The van der Waals surface area contributed by atoms with Crippen molar-refractivity contribution in [2.24, 2.45) is 0 Å². The molecule has 3 rings (SSSR count). The van der Waals surface area contributed by atoms with Crippen molar-refractivity contribution in [3.63, 3.8) is 0 Å². The van der Waals surface area contributed by atoms with Crippen LogP contribution in [0, 0.1) is 13.8 Å². The third-order valence-corrected chi connectivity index (χ3v) is 6.36. The van der Waals surface area contributed by atoms with E-state index < -0.39 is 15.9 Å². The molecule has 0 saturated carbocycles. The van der Waals surface area contributed by atoms with Gasteiger partial charge in [0.1, 0.15) is 12.3 Å². The number of hydrogen-bond acceptors (Lipinski definition) is 4. The second kappa shape index (κ2) is 9.00. The fraction of sp³-hybridized carbons (Fsp3) is 0.174. The molecule has 3 aromatic carbocycles. The Hall–Kier alpha value is -3.32. The van der Waals surface area contributed by atoms with Crippen molar-refractivity contribution in [3.8, 4) is 5.75 Å². The fourth-order valence-electron chi connectivity index (χ4n) is 3.10. The van der Waals surface area contributed by atoms with Crippen LogP contribution in [0.1, 0.15) is 11.1 Å². The van der Waals surface area contributed by atoms with Gasteiger partial charge in [0.25, 0.3) is 10.0 Å². The topological polar surface area (TPSA) is 75.7 Å². The Morgan fingerprint density at radius 2 is 1.70 bits per heavy atom. The Kier molecular flexibility index (Phi) is 6.42. The van der Waals surface area contributed by atoms with Gasteiger partial charge >= 0.3 is 0 Å². The smallest absolute Gasteiger partial charge is 0.264 e. The van der Waals surface area contributed by atoms with Gasteiger partial charge < -0.3 is 10.1 Å². The van der Waals surface area contributed by atoms with Gasteiger partial charge in [-0.05, 0) is 67.4 Å². The highest BCUT2D eigenvalue weighted by Crippen LogP contribution is 2.27. The summed E-state index contributed by atoms with van der Waals surface area (Å²) in [6.45, 7) is 3.34. The van der Waals surface area contributed by atoms with Gasteiger partial charge in [-0.2, -0.15) is 0 Å². The molecule has 0 fully saturated rings. The van der Waals surface area contributed by atoms with Gasteiger partial charge in [-0.15, -0.1) is 0 Å². The number of methoxy groups -OCH3 is 1. The van der Waals surface area contributed by atoms with Crippen molar-refractivity contribution in [1.82, 2.24) is 0 Å². The summed E-state index contributed by atoms with van der Waals surface area (Å²) in [5.41, 5.74) is 2.71. The van der Waals surface area contributed by atoms with Gasteiger partial charge in [0.15, 0.2) is 0 Å². The predicted octanol–water partition coefficient (Wildman–Crippen LogP) is 4.15. The van der Waals surface area contributed by atoms with Crippen LogP contribution < -0.4 is 14.4 Å². The van der Waals surface area contributed by atoms with E-state index in [1.807, 2.05) is 25.1 Å². The minimum absolute atomic E-state index is 0.0907. The summed E-state index contributed by atoms with van der Waals surface area (Å²) in [7, 11) is -2.45. The first-order chi connectivity index (χ1) is 14.3. The van der Waals surface area contributed by atoms with E-state index >= 15 is 0 Å². The standard InChI is InChI=1S/C23H24N2O4S/c1-17-8-7-9-19(14-17)24-23(26)16-25(20-10-5-4-6-11-20)30(27,28)21-12-13-22(29-3)18(2)15-21/h4-15H,16H2,1-3H3,(H,24,26). The molecule has 0 spiro atoms. The number of benzene rings is 3. The number of para-hydroxylation sites is 1. The number of amides is 1. The first-order valence-electron chi connectivity index (χ1n) is 9.40. The van der Waals surface area contributed by atoms with E-state index in [2.05, 4.69) is 5.32 Å². The van der Waals surface area contributed by atoms with Crippen molar-refractivity contribution in [2.75, 3.05) is 23.3 Å². The van der Waals surface area contributed by atoms with E-state index in [-0.39, 0.29) is 11.4 Å². The van der Waals surface area contributed by atoms with E-state index in [4.69, 9.17) is 4.74 Å². The molecule has 0 atom stereocenters. The third-order valence-electron chi connectivity index (χ3n) is 4.59. The van der Waals surface area contributed by atoms with Crippen LogP contribution in [-0.4, -0.2) is 28.0 Å². The van der Waals surface area contributed by atoms with E-state index in [1.54, 1.807) is 55.5 Å². The quantitative estimate of drug-likeness (QED) is 0.618. The number of ether oxygens (including phenoxy) is 1. The van der Waals surface area contributed by atoms with Gasteiger partial charge in [0.2, 0.25) is 5.91 Å². The molecule has 0 aromatic heterocycles. The van der Waals surface area contributed by atoms with Crippen LogP contribution in [0.25, 0.3) is 0 Å². The number of anilines is 2. The van der Waals surface area contributed by atoms with Crippen LogP contribution in [0.3, 0.4) is 0 Å². The summed E-state index contributed by atoms with van der Waals surface area (Å²) in [5, 5.41) is 2.77. The maximum absolute atomic E-state index is 13.4. The van der Waals surface area contributed by atoms with E-state index in [0.29, 0.717) is 22.7 Å². The molecule has 3 aromatic rings. The van der Waals surface area contributed by atoms with Crippen LogP contribution in [0.2, 0.25) is 0 Å². The SMILES string of the molecule is COc1ccc(S(=O)(=O)N(CC(=O)Nc2cccc(C)c2)c2ccccc2)cc1C. The second-order valence-electron chi connectivity index (χ2n) is 6.90. The number of hydrogen-bond donors (Lipinski definition) is 1. The van der Waals surface area contributed by atoms with Crippen molar-refractivity contribution in [1.29, 1.82) is 0 Å². The Bertz CT molecular complexity index is 1140. The summed E-state index contributed by atoms with van der Waals surface area (Å²) in [6, 6.07) is 20.5. The third kappa shape index (κ3) is 4.80. The Morgan fingerprint density at radius 3 is 2.33 bits per heavy atom. The van der Waals surface area contributed by atoms with Gasteiger partial charge in [-0.1, -0.05) is 30.3 Å². The summed E-state index contributed by atoms with van der Waals surface area (Å²) in [6.07, 6.45) is 0. The summed E-state index contributed by atoms with van der Waals surface area (Å²) >= 11 is 0. The number of sulfonamides is 1. The summed E-state index contributed by atoms with van der Waals surface area (Å²) in [5.74, 6) is 0.163. The van der Waals surface area contributed by atoms with Crippen LogP contribution in [-0.2, 0) is 14.8 Å². The molecule has 0 aliphatic heterocycles. The maximum Gasteiger partial charge on any atom is 0.264 e. The molecule has 6 nitrogen and oxygen atoms in total. The van der Waals surface area contributed by atoms with Gasteiger partial charge in [-0.3, -0.25) is 9.10 Å². The number of nitrogens with zero attached hydrogens (tertiary/aromatic N) is 1. The molecular formula is C23H24N2O4S. The number of aryl methyl sites for hydroxylation is 2. The Balaban J connectivity index is 1.94. The zero-order valence-electron chi connectivity index (χ0n) is 17.1. The fourth-order valence-corrected chi connectivity index (χ4v) is 4.61. The molecule has 0 radical (unpaired) electrons. The Labute approximate surface area is 177 Å².